The molecule has 4 heteroatoms. The summed E-state index contributed by atoms with van der Waals surface area (Å²) in [6.07, 6.45) is 4.45. The van der Waals surface area contributed by atoms with Crippen LogP contribution in [0.5, 0.6) is 0 Å². The van der Waals surface area contributed by atoms with Crippen LogP contribution in [0.1, 0.15) is 32.6 Å². The Hall–Kier alpha value is -0.610. The van der Waals surface area contributed by atoms with Crippen LogP contribution in [-0.4, -0.2) is 48.2 Å². The highest BCUT2D eigenvalue weighted by Crippen LogP contribution is 2.16. The maximum atomic E-state index is 10.6. The summed E-state index contributed by atoms with van der Waals surface area (Å²) < 4.78 is 0. The molecule has 2 N–H and O–H groups in total. The van der Waals surface area contributed by atoms with Crippen molar-refractivity contribution in [2.24, 2.45) is 0 Å². The van der Waals surface area contributed by atoms with Crippen molar-refractivity contribution < 1.29 is 9.90 Å². The van der Waals surface area contributed by atoms with Crippen molar-refractivity contribution in [1.82, 2.24) is 10.2 Å². The molecule has 1 rings (SSSR count). The Bertz CT molecular complexity index is 197. The van der Waals surface area contributed by atoms with Crippen LogP contribution in [0, 0.1) is 0 Å². The first-order valence-electron chi connectivity index (χ1n) is 5.83. The summed E-state index contributed by atoms with van der Waals surface area (Å²) in [5.74, 6) is 0.0457. The number of hydrogen-bond acceptors (Lipinski definition) is 3. The normalized spacial score (nSPS) is 21.9. The third-order valence-electron chi connectivity index (χ3n) is 2.96. The fraction of sp³-hybridized carbons (Fsp3) is 0.909. The molecule has 1 aliphatic heterocycles. The van der Waals surface area contributed by atoms with Gasteiger partial charge in [0.25, 0.3) is 0 Å². The van der Waals surface area contributed by atoms with Crippen LogP contribution >= 0.6 is 0 Å². The molecule has 1 heterocycles. The summed E-state index contributed by atoms with van der Waals surface area (Å²) in [5.41, 5.74) is 0. The number of aliphatic hydroxyl groups is 1. The van der Waals surface area contributed by atoms with Crippen molar-refractivity contribution in [1.29, 1.82) is 0 Å². The van der Waals surface area contributed by atoms with E-state index in [1.807, 2.05) is 0 Å². The topological polar surface area (TPSA) is 52.6 Å². The summed E-state index contributed by atoms with van der Waals surface area (Å²) in [6.45, 7) is 4.76. The van der Waals surface area contributed by atoms with Crippen molar-refractivity contribution >= 4 is 5.91 Å². The third-order valence-corrected chi connectivity index (χ3v) is 2.96. The van der Waals surface area contributed by atoms with E-state index in [-0.39, 0.29) is 12.5 Å². The maximum Gasteiger partial charge on any atom is 0.216 e. The lowest BCUT2D eigenvalue weighted by Crippen LogP contribution is -2.33. The number of hydrogen-bond donors (Lipinski definition) is 2. The molecule has 4 nitrogen and oxygen atoms in total. The molecule has 1 amide bonds. The van der Waals surface area contributed by atoms with Gasteiger partial charge in [-0.1, -0.05) is 0 Å². The molecule has 0 spiro atoms. The smallest absolute Gasteiger partial charge is 0.216 e. The van der Waals surface area contributed by atoms with E-state index in [0.717, 1.165) is 38.9 Å². The Morgan fingerprint density at radius 1 is 1.53 bits per heavy atom. The highest BCUT2D eigenvalue weighted by molar-refractivity contribution is 5.72. The van der Waals surface area contributed by atoms with Crippen LogP contribution in [-0.2, 0) is 4.79 Å². The van der Waals surface area contributed by atoms with E-state index in [2.05, 4.69) is 10.2 Å². The zero-order chi connectivity index (χ0) is 11.1. The molecule has 88 valence electrons. The fourth-order valence-electron chi connectivity index (χ4n) is 2.10. The molecule has 1 fully saturated rings. The molecule has 1 saturated heterocycles. The first-order valence-corrected chi connectivity index (χ1v) is 5.83. The van der Waals surface area contributed by atoms with Gasteiger partial charge in [0, 0.05) is 19.5 Å². The van der Waals surface area contributed by atoms with Crippen LogP contribution < -0.4 is 5.32 Å². The second kappa shape index (κ2) is 6.80. The van der Waals surface area contributed by atoms with Gasteiger partial charge in [-0.05, 0) is 38.8 Å². The van der Waals surface area contributed by atoms with E-state index in [0.29, 0.717) is 6.04 Å². The van der Waals surface area contributed by atoms with Gasteiger partial charge in [-0.25, -0.2) is 0 Å². The van der Waals surface area contributed by atoms with E-state index in [1.54, 1.807) is 6.92 Å². The largest absolute Gasteiger partial charge is 0.395 e. The minimum atomic E-state index is 0.0457. The van der Waals surface area contributed by atoms with E-state index in [4.69, 9.17) is 5.11 Å². The third kappa shape index (κ3) is 4.62. The van der Waals surface area contributed by atoms with E-state index in [1.165, 1.54) is 6.42 Å². The van der Waals surface area contributed by atoms with Gasteiger partial charge in [-0.2, -0.15) is 0 Å². The van der Waals surface area contributed by atoms with E-state index < -0.39 is 0 Å². The van der Waals surface area contributed by atoms with Crippen LogP contribution in [0.3, 0.4) is 0 Å². The van der Waals surface area contributed by atoms with Crippen molar-refractivity contribution in [3.05, 3.63) is 0 Å². The zero-order valence-corrected chi connectivity index (χ0v) is 9.54. The van der Waals surface area contributed by atoms with Crippen LogP contribution in [0.25, 0.3) is 0 Å². The quantitative estimate of drug-likeness (QED) is 0.628. The number of carbonyl (C=O) groups excluding carboxylic acids is 1. The Morgan fingerprint density at radius 3 is 3.00 bits per heavy atom. The fourth-order valence-corrected chi connectivity index (χ4v) is 2.10. The van der Waals surface area contributed by atoms with Gasteiger partial charge in [0.05, 0.1) is 6.61 Å². The first-order chi connectivity index (χ1) is 7.24. The van der Waals surface area contributed by atoms with Gasteiger partial charge in [0.2, 0.25) is 5.91 Å². The Balaban J connectivity index is 2.02. The number of unbranched alkanes of at least 4 members (excludes halogenated alkanes) is 1. The molecule has 15 heavy (non-hydrogen) atoms. The van der Waals surface area contributed by atoms with Gasteiger partial charge in [-0.3, -0.25) is 9.69 Å². The predicted molar refractivity (Wildman–Crippen MR) is 59.6 cm³/mol. The van der Waals surface area contributed by atoms with Crippen LogP contribution in [0.15, 0.2) is 0 Å². The molecule has 0 saturated carbocycles. The van der Waals surface area contributed by atoms with Gasteiger partial charge >= 0.3 is 0 Å². The minimum Gasteiger partial charge on any atom is -0.395 e. The number of aliphatic hydroxyl groups excluding tert-OH is 1. The second-order valence-electron chi connectivity index (χ2n) is 4.20. The molecular weight excluding hydrogens is 192 g/mol. The van der Waals surface area contributed by atoms with E-state index in [9.17, 15) is 4.79 Å². The highest BCUT2D eigenvalue weighted by Gasteiger charge is 2.22. The number of likely N-dealkylation sites (tertiary alicyclic amines) is 1. The molecule has 1 unspecified atom stereocenters. The molecule has 0 aromatic rings. The molecule has 0 radical (unpaired) electrons. The average Bonchev–Trinajstić information content (AvgIpc) is 2.64. The zero-order valence-electron chi connectivity index (χ0n) is 9.54. The average molecular weight is 214 g/mol. The lowest BCUT2D eigenvalue weighted by molar-refractivity contribution is -0.118. The van der Waals surface area contributed by atoms with Crippen LogP contribution in [0.2, 0.25) is 0 Å². The number of nitrogens with zero attached hydrogens (tertiary/aromatic N) is 1. The molecule has 0 aromatic carbocycles. The number of amides is 1. The van der Waals surface area contributed by atoms with Crippen molar-refractivity contribution in [2.75, 3.05) is 26.2 Å². The first kappa shape index (κ1) is 12.5. The summed E-state index contributed by atoms with van der Waals surface area (Å²) in [4.78, 5) is 13.0. The molecular formula is C11H22N2O2. The van der Waals surface area contributed by atoms with Gasteiger partial charge < -0.3 is 10.4 Å². The van der Waals surface area contributed by atoms with Gasteiger partial charge in [0.15, 0.2) is 0 Å². The SMILES string of the molecule is CC(=O)NCCCCN1CCCC1CO. The van der Waals surface area contributed by atoms with Gasteiger partial charge in [-0.15, -0.1) is 0 Å². The van der Waals surface area contributed by atoms with E-state index >= 15 is 0 Å². The van der Waals surface area contributed by atoms with Crippen molar-refractivity contribution in [3.8, 4) is 0 Å². The summed E-state index contributed by atoms with van der Waals surface area (Å²) in [7, 11) is 0. The predicted octanol–water partition coefficient (Wildman–Crippen LogP) is 0.359. The maximum absolute atomic E-state index is 10.6. The monoisotopic (exact) mass is 214 g/mol. The molecule has 1 aliphatic rings. The Morgan fingerprint density at radius 2 is 2.33 bits per heavy atom. The number of carbonyl (C=O) groups is 1. The second-order valence-corrected chi connectivity index (χ2v) is 4.20. The van der Waals surface area contributed by atoms with Crippen molar-refractivity contribution in [3.63, 3.8) is 0 Å². The van der Waals surface area contributed by atoms with Crippen molar-refractivity contribution in [2.45, 2.75) is 38.6 Å². The standard InChI is InChI=1S/C11H22N2O2/c1-10(15)12-6-2-3-7-13-8-4-5-11(13)9-14/h11,14H,2-9H2,1H3,(H,12,15). The Kier molecular flexibility index (Phi) is 5.65. The lowest BCUT2D eigenvalue weighted by Gasteiger charge is -2.22. The van der Waals surface area contributed by atoms with Gasteiger partial charge in [0.1, 0.15) is 0 Å². The molecule has 1 atom stereocenters. The molecule has 0 aliphatic carbocycles. The minimum absolute atomic E-state index is 0.0457. The van der Waals surface area contributed by atoms with Crippen LogP contribution in [0.4, 0.5) is 0 Å². The molecule has 0 bridgehead atoms. The Labute approximate surface area is 91.6 Å². The lowest BCUT2D eigenvalue weighted by atomic mass is 10.2. The number of nitrogens with one attached hydrogen (secondary N) is 1. The highest BCUT2D eigenvalue weighted by atomic mass is 16.3. The summed E-state index contributed by atoms with van der Waals surface area (Å²) in [5, 5.41) is 11.9. The summed E-state index contributed by atoms with van der Waals surface area (Å²) in [6, 6.07) is 0.380. The molecule has 0 aromatic heterocycles. The summed E-state index contributed by atoms with van der Waals surface area (Å²) >= 11 is 0. The number of rotatable bonds is 6.